The number of benzene rings is 3. The second-order valence-electron chi connectivity index (χ2n) is 12.6. The molecule has 1 amide bonds. The van der Waals surface area contributed by atoms with Crippen molar-refractivity contribution in [3.63, 3.8) is 0 Å². The number of carbonyl (C=O) groups is 1. The molecule has 0 aliphatic rings. The van der Waals surface area contributed by atoms with E-state index < -0.39 is 25.8 Å². The molecular weight excluding hydrogens is 717 g/mol. The third-order valence-electron chi connectivity index (χ3n) is 8.37. The van der Waals surface area contributed by atoms with E-state index in [1.54, 1.807) is 23.6 Å². The molecule has 262 valence electrons. The van der Waals surface area contributed by atoms with Crippen LogP contribution < -0.4 is 30.6 Å². The van der Waals surface area contributed by atoms with Crippen molar-refractivity contribution in [3.8, 4) is 17.3 Å². The molecular formula is C37H38Cl3N3O6Si. The average molecular weight is 755 g/mol. The quantitative estimate of drug-likeness (QED) is 0.148. The number of hydrogen-bond donors (Lipinski definition) is 2. The summed E-state index contributed by atoms with van der Waals surface area (Å²) in [7, 11) is -1.57. The molecule has 13 heteroatoms. The van der Waals surface area contributed by atoms with E-state index in [0.29, 0.717) is 17.1 Å². The van der Waals surface area contributed by atoms with E-state index in [1.165, 1.54) is 19.3 Å². The number of aryl methyl sites for hydroxylation is 1. The number of nitrogens with zero attached hydrogens (tertiary/aromatic N) is 2. The van der Waals surface area contributed by atoms with Crippen LogP contribution in [0.4, 0.5) is 0 Å². The van der Waals surface area contributed by atoms with Gasteiger partial charge in [-0.05, 0) is 22.3 Å². The molecule has 1 atom stereocenters. The van der Waals surface area contributed by atoms with Crippen LogP contribution in [0.15, 0.2) is 89.9 Å². The lowest BCUT2D eigenvalue weighted by molar-refractivity contribution is -0.128. The monoisotopic (exact) mass is 753 g/mol. The molecule has 5 aromatic rings. The highest BCUT2D eigenvalue weighted by molar-refractivity contribution is 6.99. The number of amides is 1. The predicted octanol–water partition coefficient (Wildman–Crippen LogP) is 6.10. The molecule has 0 bridgehead atoms. The first-order valence-electron chi connectivity index (χ1n) is 15.9. The van der Waals surface area contributed by atoms with Crippen molar-refractivity contribution >= 4 is 70.3 Å². The van der Waals surface area contributed by atoms with E-state index in [9.17, 15) is 14.7 Å². The predicted molar refractivity (Wildman–Crippen MR) is 202 cm³/mol. The zero-order valence-corrected chi connectivity index (χ0v) is 31.6. The van der Waals surface area contributed by atoms with Crippen molar-refractivity contribution in [3.05, 3.63) is 116 Å². The molecule has 0 aliphatic carbocycles. The first kappa shape index (κ1) is 37.4. The zero-order chi connectivity index (χ0) is 36.2. The van der Waals surface area contributed by atoms with Gasteiger partial charge in [-0.15, -0.1) is 0 Å². The number of hydrogen-bond acceptors (Lipinski definition) is 7. The molecule has 0 saturated heterocycles. The second-order valence-corrected chi connectivity index (χ2v) is 18.2. The summed E-state index contributed by atoms with van der Waals surface area (Å²) in [6.07, 6.45) is 0.141. The number of likely N-dealkylation sites (N-methyl/N-ethyl adjacent to an activating group) is 1. The second kappa shape index (κ2) is 15.5. The van der Waals surface area contributed by atoms with Crippen LogP contribution >= 0.6 is 34.8 Å². The first-order valence-corrected chi connectivity index (χ1v) is 19.0. The summed E-state index contributed by atoms with van der Waals surface area (Å²) in [5.41, 5.74) is 0.617. The van der Waals surface area contributed by atoms with E-state index in [-0.39, 0.29) is 56.7 Å². The summed E-state index contributed by atoms with van der Waals surface area (Å²) < 4.78 is 20.5. The van der Waals surface area contributed by atoms with Gasteiger partial charge in [0.15, 0.2) is 5.43 Å². The highest BCUT2D eigenvalue weighted by atomic mass is 35.5. The van der Waals surface area contributed by atoms with Gasteiger partial charge in [0.1, 0.15) is 17.7 Å². The Morgan fingerprint density at radius 3 is 2.06 bits per heavy atom. The van der Waals surface area contributed by atoms with Crippen LogP contribution in [0.1, 0.15) is 26.5 Å². The van der Waals surface area contributed by atoms with Gasteiger partial charge >= 0.3 is 0 Å². The van der Waals surface area contributed by atoms with E-state index >= 15 is 0 Å². The minimum absolute atomic E-state index is 0.0233. The van der Waals surface area contributed by atoms with E-state index in [4.69, 9.17) is 48.7 Å². The molecule has 0 saturated carbocycles. The van der Waals surface area contributed by atoms with Crippen LogP contribution in [-0.2, 0) is 9.22 Å². The Bertz CT molecular complexity index is 1990. The smallest absolute Gasteiger partial charge is 0.263 e. The summed E-state index contributed by atoms with van der Waals surface area (Å²) >= 11 is 20.2. The molecule has 1 unspecified atom stereocenters. The number of rotatable bonds is 12. The lowest BCUT2D eigenvalue weighted by Gasteiger charge is -2.43. The average Bonchev–Trinajstić information content (AvgIpc) is 3.08. The van der Waals surface area contributed by atoms with Crippen LogP contribution in [0.5, 0.6) is 11.6 Å². The topological polar surface area (TPSA) is 112 Å². The van der Waals surface area contributed by atoms with Crippen LogP contribution in [0.25, 0.3) is 16.6 Å². The van der Waals surface area contributed by atoms with Crippen molar-refractivity contribution in [2.45, 2.75) is 38.8 Å². The molecule has 0 spiro atoms. The molecule has 3 aromatic carbocycles. The number of nitrogens with one attached hydrogen (secondary N) is 1. The SMILES string of the molecule is CNC(=O)C(CO[Si](c1ccccc1)(c1ccccc1)C(C)(C)C)Oc1ncc(Cl)c2c1c(=O)cc(C)n2-c1c(Cl)cc(OCCO)cc1Cl. The number of ether oxygens (including phenoxy) is 2. The number of pyridine rings is 2. The normalized spacial score (nSPS) is 12.5. The molecule has 2 aromatic heterocycles. The van der Waals surface area contributed by atoms with Gasteiger partial charge < -0.3 is 28.9 Å². The van der Waals surface area contributed by atoms with Crippen molar-refractivity contribution < 1.29 is 23.8 Å². The van der Waals surface area contributed by atoms with Gasteiger partial charge in [0.2, 0.25) is 12.0 Å². The third kappa shape index (κ3) is 7.28. The molecule has 2 N–H and O–H groups in total. The fraction of sp³-hybridized carbons (Fsp3) is 0.270. The molecule has 0 radical (unpaired) electrons. The molecule has 0 aliphatic heterocycles. The van der Waals surface area contributed by atoms with Crippen LogP contribution in [0.2, 0.25) is 20.1 Å². The lowest BCUT2D eigenvalue weighted by atomic mass is 10.1. The Morgan fingerprint density at radius 2 is 1.54 bits per heavy atom. The van der Waals surface area contributed by atoms with E-state index in [2.05, 4.69) is 55.3 Å². The summed E-state index contributed by atoms with van der Waals surface area (Å²) in [6, 6.07) is 24.6. The standard InChI is InChI=1S/C37H38Cl3N3O6Si/c1-23-18-30(45)32-34(43(23)33-27(38)19-24(20-28(33)39)47-17-16-44)29(40)21-42-36(32)49-31(35(46)41-5)22-48-50(37(2,3)4,25-12-8-6-9-13-25)26-14-10-7-11-15-26/h6-15,18-21,31,44H,16-17,22H2,1-5H3,(H,41,46). The Kier molecular flexibility index (Phi) is 11.6. The fourth-order valence-electron chi connectivity index (χ4n) is 6.21. The summed E-state index contributed by atoms with van der Waals surface area (Å²) in [4.78, 5) is 31.6. The Labute approximate surface area is 306 Å². The van der Waals surface area contributed by atoms with Crippen molar-refractivity contribution in [2.24, 2.45) is 0 Å². The minimum Gasteiger partial charge on any atom is -0.491 e. The molecule has 5 rings (SSSR count). The van der Waals surface area contributed by atoms with Gasteiger partial charge in [-0.25, -0.2) is 4.98 Å². The Morgan fingerprint density at radius 1 is 0.960 bits per heavy atom. The van der Waals surface area contributed by atoms with Crippen molar-refractivity contribution in [1.29, 1.82) is 0 Å². The number of fused-ring (bicyclic) bond motifs is 1. The van der Waals surface area contributed by atoms with Gasteiger partial charge in [0.05, 0.1) is 45.7 Å². The molecule has 9 nitrogen and oxygen atoms in total. The number of aliphatic hydroxyl groups excluding tert-OH is 1. The van der Waals surface area contributed by atoms with Gasteiger partial charge in [0, 0.05) is 30.9 Å². The van der Waals surface area contributed by atoms with E-state index in [0.717, 1.165) is 10.4 Å². The summed E-state index contributed by atoms with van der Waals surface area (Å²) in [5.74, 6) is -0.227. The minimum atomic E-state index is -3.07. The zero-order valence-electron chi connectivity index (χ0n) is 28.3. The largest absolute Gasteiger partial charge is 0.491 e. The van der Waals surface area contributed by atoms with Crippen molar-refractivity contribution in [1.82, 2.24) is 14.9 Å². The van der Waals surface area contributed by atoms with Gasteiger partial charge in [-0.1, -0.05) is 116 Å². The van der Waals surface area contributed by atoms with Crippen LogP contribution in [0, 0.1) is 6.92 Å². The Hall–Kier alpha value is -3.90. The summed E-state index contributed by atoms with van der Waals surface area (Å²) in [6.45, 7) is 7.83. The highest BCUT2D eigenvalue weighted by Gasteiger charge is 2.50. The molecule has 50 heavy (non-hydrogen) atoms. The maximum absolute atomic E-state index is 13.7. The first-order chi connectivity index (χ1) is 23.8. The maximum atomic E-state index is 13.7. The van der Waals surface area contributed by atoms with Gasteiger partial charge in [-0.3, -0.25) is 9.59 Å². The number of aliphatic hydroxyl groups is 1. The van der Waals surface area contributed by atoms with Crippen LogP contribution in [-0.4, -0.2) is 61.9 Å². The lowest BCUT2D eigenvalue weighted by Crippen LogP contribution is -2.67. The molecule has 2 heterocycles. The number of halogens is 3. The third-order valence-corrected chi connectivity index (χ3v) is 14.2. The Balaban J connectivity index is 1.63. The fourth-order valence-corrected chi connectivity index (χ4v) is 11.6. The van der Waals surface area contributed by atoms with Gasteiger partial charge in [0.25, 0.3) is 14.2 Å². The highest BCUT2D eigenvalue weighted by Crippen LogP contribution is 2.39. The number of carbonyl (C=O) groups excluding carboxylic acids is 1. The van der Waals surface area contributed by atoms with Crippen LogP contribution in [0.3, 0.4) is 0 Å². The number of aromatic nitrogens is 2. The summed E-state index contributed by atoms with van der Waals surface area (Å²) in [5, 5.41) is 14.1. The van der Waals surface area contributed by atoms with Gasteiger partial charge in [-0.2, -0.15) is 0 Å². The maximum Gasteiger partial charge on any atom is 0.263 e. The molecule has 0 fully saturated rings. The van der Waals surface area contributed by atoms with Crippen molar-refractivity contribution in [2.75, 3.05) is 26.9 Å². The van der Waals surface area contributed by atoms with E-state index in [1.807, 2.05) is 36.4 Å².